The highest BCUT2D eigenvalue weighted by Crippen LogP contribution is 2.34. The number of benzene rings is 2. The molecule has 3 aromatic rings. The summed E-state index contributed by atoms with van der Waals surface area (Å²) in [7, 11) is 0. The minimum atomic E-state index is 0.607. The van der Waals surface area contributed by atoms with Gasteiger partial charge < -0.3 is 5.73 Å². The number of thiophene rings is 1. The molecule has 2 N–H and O–H groups in total. The molecule has 84 valence electrons. The third-order valence-electron chi connectivity index (χ3n) is 2.79. The topological polar surface area (TPSA) is 26.0 Å². The highest BCUT2D eigenvalue weighted by molar-refractivity contribution is 7.17. The van der Waals surface area contributed by atoms with Crippen LogP contribution in [0.3, 0.4) is 0 Å². The molecule has 1 nitrogen and oxygen atoms in total. The molecule has 3 heteroatoms. The molecule has 0 bridgehead atoms. The zero-order valence-electron chi connectivity index (χ0n) is 8.98. The smallest absolute Gasteiger partial charge is 0.0641 e. The van der Waals surface area contributed by atoms with Crippen molar-refractivity contribution in [3.05, 3.63) is 52.9 Å². The minimum absolute atomic E-state index is 0.607. The maximum Gasteiger partial charge on any atom is 0.0641 e. The van der Waals surface area contributed by atoms with E-state index in [1.54, 1.807) is 11.3 Å². The number of halogens is 1. The predicted octanol–water partition coefficient (Wildman–Crippen LogP) is 4.80. The van der Waals surface area contributed by atoms with Gasteiger partial charge in [0, 0.05) is 4.70 Å². The Balaban J connectivity index is 2.26. The fraction of sp³-hybridized carbons (Fsp3) is 0. The van der Waals surface area contributed by atoms with Gasteiger partial charge in [-0.15, -0.1) is 11.3 Å². The van der Waals surface area contributed by atoms with Gasteiger partial charge in [-0.25, -0.2) is 0 Å². The lowest BCUT2D eigenvalue weighted by molar-refractivity contribution is 1.65. The molecule has 0 spiro atoms. The van der Waals surface area contributed by atoms with Gasteiger partial charge in [-0.05, 0) is 40.1 Å². The molecule has 0 aliphatic rings. The number of nitrogen functional groups attached to an aromatic ring is 1. The van der Waals surface area contributed by atoms with E-state index >= 15 is 0 Å². The Hall–Kier alpha value is -1.51. The van der Waals surface area contributed by atoms with Crippen LogP contribution in [0.5, 0.6) is 0 Å². The average molecular weight is 260 g/mol. The van der Waals surface area contributed by atoms with Gasteiger partial charge in [0.05, 0.1) is 10.7 Å². The van der Waals surface area contributed by atoms with Crippen molar-refractivity contribution in [2.45, 2.75) is 0 Å². The van der Waals surface area contributed by atoms with Crippen molar-refractivity contribution in [2.24, 2.45) is 0 Å². The van der Waals surface area contributed by atoms with E-state index in [0.29, 0.717) is 10.7 Å². The Labute approximate surface area is 108 Å². The van der Waals surface area contributed by atoms with Gasteiger partial charge in [-0.2, -0.15) is 0 Å². The van der Waals surface area contributed by atoms with E-state index in [2.05, 4.69) is 29.6 Å². The summed E-state index contributed by atoms with van der Waals surface area (Å²) in [5.74, 6) is 0. The van der Waals surface area contributed by atoms with E-state index in [0.717, 1.165) is 5.56 Å². The number of nitrogens with two attached hydrogens (primary N) is 1. The standard InChI is InChI=1S/C14H10ClNS/c15-12-8-10(4-5-13(12)16)11-3-1-2-9-6-7-17-14(9)11/h1-8H,16H2. The highest BCUT2D eigenvalue weighted by atomic mass is 35.5. The number of fused-ring (bicyclic) bond motifs is 1. The number of anilines is 1. The van der Waals surface area contributed by atoms with Gasteiger partial charge in [0.2, 0.25) is 0 Å². The Morgan fingerprint density at radius 3 is 2.76 bits per heavy atom. The van der Waals surface area contributed by atoms with E-state index in [1.807, 2.05) is 18.2 Å². The highest BCUT2D eigenvalue weighted by Gasteiger charge is 2.06. The van der Waals surface area contributed by atoms with Gasteiger partial charge in [0.1, 0.15) is 0 Å². The van der Waals surface area contributed by atoms with Crippen LogP contribution in [0.1, 0.15) is 0 Å². The Morgan fingerprint density at radius 1 is 1.06 bits per heavy atom. The molecule has 17 heavy (non-hydrogen) atoms. The Bertz CT molecular complexity index is 688. The van der Waals surface area contributed by atoms with Gasteiger partial charge in [-0.1, -0.05) is 35.9 Å². The predicted molar refractivity (Wildman–Crippen MR) is 76.7 cm³/mol. The van der Waals surface area contributed by atoms with Crippen molar-refractivity contribution in [3.63, 3.8) is 0 Å². The maximum atomic E-state index is 6.07. The minimum Gasteiger partial charge on any atom is -0.398 e. The lowest BCUT2D eigenvalue weighted by Gasteiger charge is -2.05. The lowest BCUT2D eigenvalue weighted by Crippen LogP contribution is -1.86. The molecule has 0 aliphatic carbocycles. The van der Waals surface area contributed by atoms with Crippen LogP contribution in [0.4, 0.5) is 5.69 Å². The van der Waals surface area contributed by atoms with Crippen LogP contribution in [0.25, 0.3) is 21.2 Å². The fourth-order valence-corrected chi connectivity index (χ4v) is 3.03. The Kier molecular flexibility index (Phi) is 2.54. The molecule has 0 amide bonds. The summed E-state index contributed by atoms with van der Waals surface area (Å²) < 4.78 is 1.29. The largest absolute Gasteiger partial charge is 0.398 e. The molecule has 0 atom stereocenters. The monoisotopic (exact) mass is 259 g/mol. The summed E-state index contributed by atoms with van der Waals surface area (Å²) >= 11 is 7.81. The molecule has 0 unspecified atom stereocenters. The molecule has 0 radical (unpaired) electrons. The molecular weight excluding hydrogens is 250 g/mol. The molecule has 0 aliphatic heterocycles. The molecule has 1 aromatic heterocycles. The van der Waals surface area contributed by atoms with E-state index in [9.17, 15) is 0 Å². The summed E-state index contributed by atoms with van der Waals surface area (Å²) in [5, 5.41) is 3.98. The molecule has 2 aromatic carbocycles. The quantitative estimate of drug-likeness (QED) is 0.624. The van der Waals surface area contributed by atoms with Crippen molar-refractivity contribution >= 4 is 38.7 Å². The molecular formula is C14H10ClNS. The van der Waals surface area contributed by atoms with Crippen molar-refractivity contribution in [1.29, 1.82) is 0 Å². The number of rotatable bonds is 1. The lowest BCUT2D eigenvalue weighted by atomic mass is 10.0. The van der Waals surface area contributed by atoms with Crippen LogP contribution in [-0.4, -0.2) is 0 Å². The van der Waals surface area contributed by atoms with E-state index in [4.69, 9.17) is 17.3 Å². The Morgan fingerprint density at radius 2 is 1.94 bits per heavy atom. The number of hydrogen-bond donors (Lipinski definition) is 1. The van der Waals surface area contributed by atoms with E-state index < -0.39 is 0 Å². The summed E-state index contributed by atoms with van der Waals surface area (Å²) in [6.45, 7) is 0. The van der Waals surface area contributed by atoms with Gasteiger partial charge in [0.15, 0.2) is 0 Å². The van der Waals surface area contributed by atoms with Crippen LogP contribution < -0.4 is 5.73 Å². The van der Waals surface area contributed by atoms with Crippen LogP contribution in [-0.2, 0) is 0 Å². The summed E-state index contributed by atoms with van der Waals surface area (Å²) in [4.78, 5) is 0. The summed E-state index contributed by atoms with van der Waals surface area (Å²) in [5.41, 5.74) is 8.67. The van der Waals surface area contributed by atoms with Gasteiger partial charge >= 0.3 is 0 Å². The SMILES string of the molecule is Nc1ccc(-c2cccc3ccsc23)cc1Cl. The zero-order valence-corrected chi connectivity index (χ0v) is 10.6. The van der Waals surface area contributed by atoms with Gasteiger partial charge in [0.25, 0.3) is 0 Å². The zero-order chi connectivity index (χ0) is 11.8. The normalized spacial score (nSPS) is 10.9. The van der Waals surface area contributed by atoms with Crippen molar-refractivity contribution in [1.82, 2.24) is 0 Å². The number of hydrogen-bond acceptors (Lipinski definition) is 2. The van der Waals surface area contributed by atoms with Crippen LogP contribution in [0, 0.1) is 0 Å². The second-order valence-electron chi connectivity index (χ2n) is 3.88. The van der Waals surface area contributed by atoms with Crippen molar-refractivity contribution < 1.29 is 0 Å². The third kappa shape index (κ3) is 1.79. The first kappa shape index (κ1) is 10.6. The first-order chi connectivity index (χ1) is 8.25. The maximum absolute atomic E-state index is 6.07. The molecule has 1 heterocycles. The molecule has 0 saturated carbocycles. The van der Waals surface area contributed by atoms with Gasteiger partial charge in [-0.3, -0.25) is 0 Å². The summed E-state index contributed by atoms with van der Waals surface area (Å²) in [6, 6.07) is 14.2. The molecule has 0 saturated heterocycles. The third-order valence-corrected chi connectivity index (χ3v) is 4.08. The van der Waals surface area contributed by atoms with E-state index in [-0.39, 0.29) is 0 Å². The van der Waals surface area contributed by atoms with Crippen molar-refractivity contribution in [3.8, 4) is 11.1 Å². The van der Waals surface area contributed by atoms with Crippen LogP contribution in [0.15, 0.2) is 47.8 Å². The average Bonchev–Trinajstić information content (AvgIpc) is 2.80. The fourth-order valence-electron chi connectivity index (χ4n) is 1.92. The summed E-state index contributed by atoms with van der Waals surface area (Å²) in [6.07, 6.45) is 0. The first-order valence-electron chi connectivity index (χ1n) is 5.27. The van der Waals surface area contributed by atoms with Crippen molar-refractivity contribution in [2.75, 3.05) is 5.73 Å². The second kappa shape index (κ2) is 4.06. The second-order valence-corrected chi connectivity index (χ2v) is 5.20. The first-order valence-corrected chi connectivity index (χ1v) is 6.53. The van der Waals surface area contributed by atoms with Crippen LogP contribution >= 0.6 is 22.9 Å². The molecule has 0 fully saturated rings. The molecule has 3 rings (SSSR count). The van der Waals surface area contributed by atoms with E-state index in [1.165, 1.54) is 15.6 Å². The van der Waals surface area contributed by atoms with Crippen LogP contribution in [0.2, 0.25) is 5.02 Å².